The fourth-order valence-corrected chi connectivity index (χ4v) is 6.19. The Kier molecular flexibility index (Phi) is 4.91. The molecule has 0 radical (unpaired) electrons. The molecule has 2 heteroatoms. The van der Waals surface area contributed by atoms with Gasteiger partial charge in [-0.1, -0.05) is 31.4 Å². The molecule has 2 fully saturated rings. The lowest BCUT2D eigenvalue weighted by Gasteiger charge is -2.45. The van der Waals surface area contributed by atoms with Gasteiger partial charge in [0.1, 0.15) is 5.82 Å². The van der Waals surface area contributed by atoms with Crippen LogP contribution >= 0.6 is 11.6 Å². The molecule has 1 aromatic carbocycles. The van der Waals surface area contributed by atoms with Crippen LogP contribution in [-0.2, 0) is 12.8 Å². The van der Waals surface area contributed by atoms with Crippen molar-refractivity contribution < 1.29 is 4.39 Å². The molecular weight excluding hydrogens is 319 g/mol. The van der Waals surface area contributed by atoms with E-state index in [0.717, 1.165) is 42.4 Å². The molecule has 24 heavy (non-hydrogen) atoms. The first kappa shape index (κ1) is 16.9. The molecule has 0 N–H and O–H groups in total. The molecule has 0 saturated heterocycles. The van der Waals surface area contributed by atoms with Crippen LogP contribution in [0.3, 0.4) is 0 Å². The Morgan fingerprint density at radius 2 is 1.62 bits per heavy atom. The lowest BCUT2D eigenvalue weighted by atomic mass is 9.61. The van der Waals surface area contributed by atoms with E-state index in [2.05, 4.69) is 6.92 Å². The Morgan fingerprint density at radius 1 is 0.917 bits per heavy atom. The summed E-state index contributed by atoms with van der Waals surface area (Å²) in [6.07, 6.45) is 13.5. The number of halogens is 2. The van der Waals surface area contributed by atoms with Crippen molar-refractivity contribution in [2.75, 3.05) is 0 Å². The third-order valence-corrected chi connectivity index (χ3v) is 7.80. The first-order valence-electron chi connectivity index (χ1n) is 10.1. The van der Waals surface area contributed by atoms with Crippen LogP contribution in [-0.4, -0.2) is 0 Å². The minimum Gasteiger partial charge on any atom is -0.205 e. The Hall–Kier alpha value is -0.560. The molecule has 3 aliphatic rings. The van der Waals surface area contributed by atoms with Gasteiger partial charge in [-0.2, -0.15) is 0 Å². The van der Waals surface area contributed by atoms with Gasteiger partial charge in [-0.25, -0.2) is 4.39 Å². The van der Waals surface area contributed by atoms with Crippen LogP contribution < -0.4 is 0 Å². The Morgan fingerprint density at radius 3 is 2.42 bits per heavy atom. The largest absolute Gasteiger partial charge is 0.205 e. The maximum absolute atomic E-state index is 13.8. The van der Waals surface area contributed by atoms with Gasteiger partial charge in [0.05, 0.1) is 5.02 Å². The standard InChI is InChI=1S/C22H30ClF/c1-2-14-3-4-16-10-17(6-5-15(16)9-14)18-7-8-19-12-21(23)22(24)13-20(19)11-18/h12-18H,2-11H2,1H3. The zero-order chi connectivity index (χ0) is 16.7. The lowest BCUT2D eigenvalue weighted by Crippen LogP contribution is -2.35. The van der Waals surface area contributed by atoms with E-state index in [1.807, 2.05) is 6.07 Å². The highest BCUT2D eigenvalue weighted by atomic mass is 35.5. The molecule has 0 amide bonds. The van der Waals surface area contributed by atoms with Crippen molar-refractivity contribution in [3.05, 3.63) is 34.1 Å². The van der Waals surface area contributed by atoms with E-state index in [1.165, 1.54) is 62.5 Å². The summed E-state index contributed by atoms with van der Waals surface area (Å²) in [7, 11) is 0. The monoisotopic (exact) mass is 348 g/mol. The fraction of sp³-hybridized carbons (Fsp3) is 0.727. The highest BCUT2D eigenvalue weighted by Crippen LogP contribution is 2.48. The predicted octanol–water partition coefficient (Wildman–Crippen LogP) is 6.83. The quantitative estimate of drug-likeness (QED) is 0.549. The van der Waals surface area contributed by atoms with Gasteiger partial charge in [0, 0.05) is 0 Å². The summed E-state index contributed by atoms with van der Waals surface area (Å²) in [6.45, 7) is 2.36. The van der Waals surface area contributed by atoms with E-state index >= 15 is 0 Å². The van der Waals surface area contributed by atoms with Gasteiger partial charge in [0.15, 0.2) is 0 Å². The topological polar surface area (TPSA) is 0 Å². The molecule has 4 rings (SSSR count). The summed E-state index contributed by atoms with van der Waals surface area (Å²) in [5, 5.41) is 0.292. The van der Waals surface area contributed by atoms with E-state index in [9.17, 15) is 4.39 Å². The van der Waals surface area contributed by atoms with Gasteiger partial charge >= 0.3 is 0 Å². The number of rotatable bonds is 2. The van der Waals surface area contributed by atoms with Crippen molar-refractivity contribution in [2.45, 2.75) is 71.1 Å². The SMILES string of the molecule is CCC1CCC2CC(C3CCc4cc(Cl)c(F)cc4C3)CCC2C1. The number of hydrogen-bond acceptors (Lipinski definition) is 0. The van der Waals surface area contributed by atoms with Crippen molar-refractivity contribution >= 4 is 11.6 Å². The average molecular weight is 349 g/mol. The Balaban J connectivity index is 1.42. The van der Waals surface area contributed by atoms with Crippen molar-refractivity contribution in [1.82, 2.24) is 0 Å². The zero-order valence-corrected chi connectivity index (χ0v) is 15.6. The Bertz CT molecular complexity index is 596. The minimum atomic E-state index is -0.238. The molecular formula is C22H30ClF. The molecule has 0 aromatic heterocycles. The zero-order valence-electron chi connectivity index (χ0n) is 14.9. The second kappa shape index (κ2) is 6.98. The molecule has 0 bridgehead atoms. The molecule has 1 aromatic rings. The number of aryl methyl sites for hydroxylation is 1. The van der Waals surface area contributed by atoms with Crippen molar-refractivity contribution in [3.63, 3.8) is 0 Å². The van der Waals surface area contributed by atoms with E-state index in [-0.39, 0.29) is 5.82 Å². The number of benzene rings is 1. The second-order valence-electron chi connectivity index (χ2n) is 8.72. The second-order valence-corrected chi connectivity index (χ2v) is 9.13. The smallest absolute Gasteiger partial charge is 0.142 e. The normalized spacial score (nSPS) is 36.0. The van der Waals surface area contributed by atoms with Crippen molar-refractivity contribution in [2.24, 2.45) is 29.6 Å². The molecule has 5 atom stereocenters. The minimum absolute atomic E-state index is 0.238. The maximum Gasteiger partial charge on any atom is 0.142 e. The van der Waals surface area contributed by atoms with Crippen molar-refractivity contribution in [1.29, 1.82) is 0 Å². The van der Waals surface area contributed by atoms with Crippen LogP contribution in [0.15, 0.2) is 12.1 Å². The average Bonchev–Trinajstić information content (AvgIpc) is 2.61. The van der Waals surface area contributed by atoms with E-state index in [1.54, 1.807) is 6.07 Å². The van der Waals surface area contributed by atoms with Crippen LogP contribution in [0.4, 0.5) is 4.39 Å². The van der Waals surface area contributed by atoms with Crippen LogP contribution in [0.2, 0.25) is 5.02 Å². The van der Waals surface area contributed by atoms with Crippen LogP contribution in [0, 0.1) is 35.4 Å². The fourth-order valence-electron chi connectivity index (χ4n) is 6.00. The van der Waals surface area contributed by atoms with Gasteiger partial charge in [-0.05, 0) is 104 Å². The molecule has 2 saturated carbocycles. The number of fused-ring (bicyclic) bond motifs is 2. The third-order valence-electron chi connectivity index (χ3n) is 7.52. The summed E-state index contributed by atoms with van der Waals surface area (Å²) in [5.74, 6) is 4.39. The molecule has 0 spiro atoms. The molecule has 0 nitrogen and oxygen atoms in total. The van der Waals surface area contributed by atoms with Gasteiger partial charge in [-0.3, -0.25) is 0 Å². The first-order chi connectivity index (χ1) is 11.6. The maximum atomic E-state index is 13.8. The van der Waals surface area contributed by atoms with Crippen LogP contribution in [0.25, 0.3) is 0 Å². The van der Waals surface area contributed by atoms with Gasteiger partial charge in [-0.15, -0.1) is 0 Å². The predicted molar refractivity (Wildman–Crippen MR) is 98.9 cm³/mol. The molecule has 3 aliphatic carbocycles. The summed E-state index contributed by atoms with van der Waals surface area (Å²) in [4.78, 5) is 0. The van der Waals surface area contributed by atoms with Gasteiger partial charge in [0.2, 0.25) is 0 Å². The van der Waals surface area contributed by atoms with Crippen LogP contribution in [0.5, 0.6) is 0 Å². The molecule has 0 heterocycles. The lowest BCUT2D eigenvalue weighted by molar-refractivity contribution is 0.0708. The van der Waals surface area contributed by atoms with Gasteiger partial charge < -0.3 is 0 Å². The van der Waals surface area contributed by atoms with Crippen LogP contribution in [0.1, 0.15) is 69.4 Å². The summed E-state index contributed by atoms with van der Waals surface area (Å²) >= 11 is 5.96. The summed E-state index contributed by atoms with van der Waals surface area (Å²) in [6, 6.07) is 3.58. The number of hydrogen-bond donors (Lipinski definition) is 0. The molecule has 132 valence electrons. The van der Waals surface area contributed by atoms with E-state index in [4.69, 9.17) is 11.6 Å². The molecule has 5 unspecified atom stereocenters. The highest BCUT2D eigenvalue weighted by molar-refractivity contribution is 6.30. The van der Waals surface area contributed by atoms with Gasteiger partial charge in [0.25, 0.3) is 0 Å². The van der Waals surface area contributed by atoms with E-state index in [0.29, 0.717) is 5.02 Å². The Labute approximate surface area is 151 Å². The highest BCUT2D eigenvalue weighted by Gasteiger charge is 2.38. The molecule has 0 aliphatic heterocycles. The first-order valence-corrected chi connectivity index (χ1v) is 10.5. The summed E-state index contributed by atoms with van der Waals surface area (Å²) < 4.78 is 13.8. The van der Waals surface area contributed by atoms with E-state index < -0.39 is 0 Å². The third kappa shape index (κ3) is 3.26. The van der Waals surface area contributed by atoms with Crippen molar-refractivity contribution in [3.8, 4) is 0 Å². The summed E-state index contributed by atoms with van der Waals surface area (Å²) in [5.41, 5.74) is 2.51.